The highest BCUT2D eigenvalue weighted by atomic mass is 16.1. The molecule has 2 aliphatic rings. The van der Waals surface area contributed by atoms with Crippen molar-refractivity contribution in [1.29, 1.82) is 0 Å². The van der Waals surface area contributed by atoms with Crippen LogP contribution in [-0.2, 0) is 0 Å². The molecule has 2 fully saturated rings. The molecule has 5 heteroatoms. The second kappa shape index (κ2) is 6.60. The van der Waals surface area contributed by atoms with E-state index < -0.39 is 0 Å². The van der Waals surface area contributed by atoms with Gasteiger partial charge in [0, 0.05) is 37.6 Å². The molecular formula is C16H26N4O. The van der Waals surface area contributed by atoms with Crippen molar-refractivity contribution in [3.8, 4) is 0 Å². The standard InChI is InChI=1S/C16H26N4O/c1-2-3-10-19(12-13-5-4-8-17-13)15-16(21)20(11-9-18-15)14-6-7-14/h9,11,13-14,17H,2-8,10,12H2,1H3. The van der Waals surface area contributed by atoms with E-state index in [1.807, 2.05) is 10.8 Å². The fourth-order valence-corrected chi connectivity index (χ4v) is 3.08. The lowest BCUT2D eigenvalue weighted by molar-refractivity contribution is 0.563. The van der Waals surface area contributed by atoms with Crippen molar-refractivity contribution in [2.45, 2.75) is 57.5 Å². The van der Waals surface area contributed by atoms with Gasteiger partial charge in [-0.05, 0) is 38.6 Å². The Hall–Kier alpha value is -1.36. The molecule has 0 radical (unpaired) electrons. The molecule has 1 aromatic rings. The van der Waals surface area contributed by atoms with Gasteiger partial charge in [-0.1, -0.05) is 13.3 Å². The topological polar surface area (TPSA) is 50.2 Å². The molecule has 1 saturated carbocycles. The molecule has 5 nitrogen and oxygen atoms in total. The summed E-state index contributed by atoms with van der Waals surface area (Å²) in [5.74, 6) is 0.645. The molecule has 0 aromatic carbocycles. The molecule has 2 heterocycles. The molecule has 3 rings (SSSR count). The molecular weight excluding hydrogens is 264 g/mol. The van der Waals surface area contributed by atoms with E-state index >= 15 is 0 Å². The summed E-state index contributed by atoms with van der Waals surface area (Å²) in [4.78, 5) is 19.3. The second-order valence-corrected chi connectivity index (χ2v) is 6.29. The molecule has 0 spiro atoms. The van der Waals surface area contributed by atoms with Crippen LogP contribution in [0.3, 0.4) is 0 Å². The molecule has 1 aliphatic heterocycles. The summed E-state index contributed by atoms with van der Waals surface area (Å²) in [6, 6.07) is 0.912. The Balaban J connectivity index is 1.80. The van der Waals surface area contributed by atoms with Gasteiger partial charge in [-0.25, -0.2) is 4.98 Å². The summed E-state index contributed by atoms with van der Waals surface area (Å²) < 4.78 is 1.88. The number of aromatic nitrogens is 2. The van der Waals surface area contributed by atoms with Crippen molar-refractivity contribution in [3.05, 3.63) is 22.7 Å². The van der Waals surface area contributed by atoms with Gasteiger partial charge in [0.2, 0.25) is 0 Å². The Labute approximate surface area is 126 Å². The third-order valence-electron chi connectivity index (χ3n) is 4.47. The predicted molar refractivity (Wildman–Crippen MR) is 84.9 cm³/mol. The van der Waals surface area contributed by atoms with Gasteiger partial charge in [0.15, 0.2) is 5.82 Å². The van der Waals surface area contributed by atoms with Crippen LogP contribution in [0.4, 0.5) is 5.82 Å². The van der Waals surface area contributed by atoms with Crippen molar-refractivity contribution >= 4 is 5.82 Å². The lowest BCUT2D eigenvalue weighted by atomic mass is 10.2. The quantitative estimate of drug-likeness (QED) is 0.834. The SMILES string of the molecule is CCCCN(CC1CCCN1)c1nccn(C2CC2)c1=O. The van der Waals surface area contributed by atoms with Crippen LogP contribution >= 0.6 is 0 Å². The fraction of sp³-hybridized carbons (Fsp3) is 0.750. The van der Waals surface area contributed by atoms with Crippen LogP contribution in [0.1, 0.15) is 51.5 Å². The first kappa shape index (κ1) is 14.6. The highest BCUT2D eigenvalue weighted by molar-refractivity contribution is 5.36. The smallest absolute Gasteiger partial charge is 0.293 e. The van der Waals surface area contributed by atoms with Crippen molar-refractivity contribution in [1.82, 2.24) is 14.9 Å². The third kappa shape index (κ3) is 3.46. The zero-order valence-corrected chi connectivity index (χ0v) is 12.9. The largest absolute Gasteiger partial charge is 0.350 e. The molecule has 1 unspecified atom stereocenters. The number of anilines is 1. The zero-order valence-electron chi connectivity index (χ0n) is 12.9. The predicted octanol–water partition coefficient (Wildman–Crippen LogP) is 1.94. The summed E-state index contributed by atoms with van der Waals surface area (Å²) in [5, 5.41) is 3.52. The first-order valence-electron chi connectivity index (χ1n) is 8.35. The molecule has 1 aromatic heterocycles. The molecule has 1 N–H and O–H groups in total. The summed E-state index contributed by atoms with van der Waals surface area (Å²) >= 11 is 0. The van der Waals surface area contributed by atoms with E-state index in [1.165, 1.54) is 12.8 Å². The van der Waals surface area contributed by atoms with Crippen molar-refractivity contribution in [3.63, 3.8) is 0 Å². The zero-order chi connectivity index (χ0) is 14.7. The van der Waals surface area contributed by atoms with Crippen molar-refractivity contribution < 1.29 is 0 Å². The molecule has 21 heavy (non-hydrogen) atoms. The summed E-state index contributed by atoms with van der Waals surface area (Å²) in [5.41, 5.74) is 0.0918. The number of unbranched alkanes of at least 4 members (excludes halogenated alkanes) is 1. The van der Waals surface area contributed by atoms with E-state index in [9.17, 15) is 4.79 Å². The van der Waals surface area contributed by atoms with E-state index in [0.29, 0.717) is 17.9 Å². The van der Waals surface area contributed by atoms with Gasteiger partial charge < -0.3 is 14.8 Å². The van der Waals surface area contributed by atoms with Gasteiger partial charge in [0.05, 0.1) is 0 Å². The van der Waals surface area contributed by atoms with Crippen LogP contribution in [0.25, 0.3) is 0 Å². The first-order valence-corrected chi connectivity index (χ1v) is 8.35. The maximum absolute atomic E-state index is 12.7. The molecule has 1 atom stereocenters. The minimum Gasteiger partial charge on any atom is -0.350 e. The Morgan fingerprint density at radius 1 is 1.43 bits per heavy atom. The van der Waals surface area contributed by atoms with Crippen LogP contribution in [0.2, 0.25) is 0 Å². The highest BCUT2D eigenvalue weighted by Crippen LogP contribution is 2.33. The van der Waals surface area contributed by atoms with Crippen LogP contribution < -0.4 is 15.8 Å². The average molecular weight is 290 g/mol. The number of nitrogens with zero attached hydrogens (tertiary/aromatic N) is 3. The van der Waals surface area contributed by atoms with E-state index in [0.717, 1.165) is 45.3 Å². The summed E-state index contributed by atoms with van der Waals surface area (Å²) in [7, 11) is 0. The Bertz CT molecular complexity index is 517. The second-order valence-electron chi connectivity index (χ2n) is 6.29. The minimum absolute atomic E-state index is 0.0918. The monoisotopic (exact) mass is 290 g/mol. The number of nitrogens with one attached hydrogen (secondary N) is 1. The lowest BCUT2D eigenvalue weighted by Gasteiger charge is -2.26. The van der Waals surface area contributed by atoms with Gasteiger partial charge >= 0.3 is 0 Å². The van der Waals surface area contributed by atoms with E-state index in [1.54, 1.807) is 6.20 Å². The molecule has 1 aliphatic carbocycles. The van der Waals surface area contributed by atoms with Gasteiger partial charge in [-0.2, -0.15) is 0 Å². The summed E-state index contributed by atoms with van der Waals surface area (Å²) in [6.45, 7) is 5.11. The maximum Gasteiger partial charge on any atom is 0.293 e. The average Bonchev–Trinajstić information content (AvgIpc) is 3.21. The first-order chi connectivity index (χ1) is 10.3. The molecule has 116 valence electrons. The number of rotatable bonds is 7. The number of hydrogen-bond donors (Lipinski definition) is 1. The molecule has 0 bridgehead atoms. The third-order valence-corrected chi connectivity index (χ3v) is 4.47. The van der Waals surface area contributed by atoms with Crippen LogP contribution in [-0.4, -0.2) is 35.2 Å². The van der Waals surface area contributed by atoms with Gasteiger partial charge in [-0.15, -0.1) is 0 Å². The fourth-order valence-electron chi connectivity index (χ4n) is 3.08. The van der Waals surface area contributed by atoms with Gasteiger partial charge in [0.25, 0.3) is 5.56 Å². The number of hydrogen-bond acceptors (Lipinski definition) is 4. The molecule has 1 saturated heterocycles. The lowest BCUT2D eigenvalue weighted by Crippen LogP contribution is -2.42. The Morgan fingerprint density at radius 3 is 2.95 bits per heavy atom. The minimum atomic E-state index is 0.0918. The Morgan fingerprint density at radius 2 is 2.29 bits per heavy atom. The van der Waals surface area contributed by atoms with E-state index in [-0.39, 0.29) is 5.56 Å². The Kier molecular flexibility index (Phi) is 4.58. The normalized spacial score (nSPS) is 21.7. The maximum atomic E-state index is 12.7. The highest BCUT2D eigenvalue weighted by Gasteiger charge is 2.27. The van der Waals surface area contributed by atoms with Crippen LogP contribution in [0, 0.1) is 0 Å². The van der Waals surface area contributed by atoms with Crippen molar-refractivity contribution in [2.24, 2.45) is 0 Å². The van der Waals surface area contributed by atoms with Crippen LogP contribution in [0.5, 0.6) is 0 Å². The van der Waals surface area contributed by atoms with Crippen LogP contribution in [0.15, 0.2) is 17.2 Å². The molecule has 0 amide bonds. The van der Waals surface area contributed by atoms with Gasteiger partial charge in [-0.3, -0.25) is 4.79 Å². The van der Waals surface area contributed by atoms with E-state index in [2.05, 4.69) is 22.1 Å². The van der Waals surface area contributed by atoms with Gasteiger partial charge in [0.1, 0.15) is 0 Å². The summed E-state index contributed by atoms with van der Waals surface area (Å²) in [6.07, 6.45) is 10.6. The van der Waals surface area contributed by atoms with Crippen molar-refractivity contribution in [2.75, 3.05) is 24.5 Å². The van der Waals surface area contributed by atoms with E-state index in [4.69, 9.17) is 0 Å².